The molecule has 0 atom stereocenters. The first-order valence-corrected chi connectivity index (χ1v) is 7.73. The van der Waals surface area contributed by atoms with E-state index in [-0.39, 0.29) is 5.91 Å². The summed E-state index contributed by atoms with van der Waals surface area (Å²) in [6.07, 6.45) is 3.88. The van der Waals surface area contributed by atoms with E-state index in [2.05, 4.69) is 6.92 Å². The van der Waals surface area contributed by atoms with Crippen LogP contribution in [0.4, 0.5) is 0 Å². The van der Waals surface area contributed by atoms with Crippen molar-refractivity contribution in [1.82, 2.24) is 4.90 Å². The molecule has 19 heavy (non-hydrogen) atoms. The maximum atomic E-state index is 12.2. The third-order valence-electron chi connectivity index (χ3n) is 2.78. The van der Waals surface area contributed by atoms with Gasteiger partial charge in [0.15, 0.2) is 0 Å². The number of amides is 1. The molecule has 1 aromatic rings. The first kappa shape index (κ1) is 14.6. The van der Waals surface area contributed by atoms with Crippen molar-refractivity contribution in [2.45, 2.75) is 19.8 Å². The third kappa shape index (κ3) is 3.59. The van der Waals surface area contributed by atoms with Gasteiger partial charge in [-0.25, -0.2) is 0 Å². The SMILES string of the molecule is CCCCN1C(=O)C(=Cc2ccc(Cl)cc2)SC1=S. The molecule has 100 valence electrons. The van der Waals surface area contributed by atoms with Crippen molar-refractivity contribution in [3.05, 3.63) is 39.8 Å². The van der Waals surface area contributed by atoms with Gasteiger partial charge in [0.2, 0.25) is 0 Å². The molecule has 0 radical (unpaired) electrons. The molecule has 1 fully saturated rings. The smallest absolute Gasteiger partial charge is 0.266 e. The number of thiocarbonyl (C=S) groups is 1. The van der Waals surface area contributed by atoms with Gasteiger partial charge in [-0.05, 0) is 30.2 Å². The second-order valence-corrected chi connectivity index (χ2v) is 6.35. The van der Waals surface area contributed by atoms with E-state index in [1.807, 2.05) is 30.3 Å². The molecular weight excluding hydrogens is 298 g/mol. The summed E-state index contributed by atoms with van der Waals surface area (Å²) in [6.45, 7) is 2.81. The minimum atomic E-state index is 0.0124. The maximum absolute atomic E-state index is 12.2. The molecule has 0 saturated carbocycles. The number of thioether (sulfide) groups is 1. The van der Waals surface area contributed by atoms with Crippen molar-refractivity contribution in [2.75, 3.05) is 6.54 Å². The summed E-state index contributed by atoms with van der Waals surface area (Å²) in [5.41, 5.74) is 0.959. The zero-order valence-corrected chi connectivity index (χ0v) is 12.9. The molecule has 2 nitrogen and oxygen atoms in total. The molecule has 2 rings (SSSR count). The number of hydrogen-bond acceptors (Lipinski definition) is 3. The van der Waals surface area contributed by atoms with Gasteiger partial charge in [-0.1, -0.05) is 61.1 Å². The van der Waals surface area contributed by atoms with E-state index in [1.165, 1.54) is 11.8 Å². The summed E-state index contributed by atoms with van der Waals surface area (Å²) < 4.78 is 0.652. The van der Waals surface area contributed by atoms with Crippen LogP contribution >= 0.6 is 35.6 Å². The van der Waals surface area contributed by atoms with Gasteiger partial charge in [0, 0.05) is 11.6 Å². The van der Waals surface area contributed by atoms with E-state index in [4.69, 9.17) is 23.8 Å². The average Bonchev–Trinajstić information content (AvgIpc) is 2.65. The largest absolute Gasteiger partial charge is 0.293 e. The Labute approximate surface area is 127 Å². The molecule has 1 saturated heterocycles. The van der Waals surface area contributed by atoms with Crippen molar-refractivity contribution >= 4 is 51.9 Å². The Balaban J connectivity index is 2.16. The molecule has 1 aliphatic rings. The Kier molecular flexibility index (Phi) is 5.02. The standard InChI is InChI=1S/C14H14ClNOS2/c1-2-3-8-16-13(17)12(19-14(16)18)9-10-4-6-11(15)7-5-10/h4-7,9H,2-3,8H2,1H3. The van der Waals surface area contributed by atoms with E-state index in [0.717, 1.165) is 18.4 Å². The number of carbonyl (C=O) groups is 1. The van der Waals surface area contributed by atoms with Gasteiger partial charge < -0.3 is 0 Å². The lowest BCUT2D eigenvalue weighted by molar-refractivity contribution is -0.122. The summed E-state index contributed by atoms with van der Waals surface area (Å²) in [7, 11) is 0. The number of unbranched alkanes of at least 4 members (excludes halogenated alkanes) is 1. The van der Waals surface area contributed by atoms with Crippen molar-refractivity contribution < 1.29 is 4.79 Å². The van der Waals surface area contributed by atoms with Crippen molar-refractivity contribution in [1.29, 1.82) is 0 Å². The van der Waals surface area contributed by atoms with E-state index < -0.39 is 0 Å². The van der Waals surface area contributed by atoms with Crippen LogP contribution < -0.4 is 0 Å². The summed E-state index contributed by atoms with van der Waals surface area (Å²) in [6, 6.07) is 7.40. The molecule has 0 spiro atoms. The van der Waals surface area contributed by atoms with Gasteiger partial charge in [-0.2, -0.15) is 0 Å². The highest BCUT2D eigenvalue weighted by Crippen LogP contribution is 2.32. The summed E-state index contributed by atoms with van der Waals surface area (Å²) in [5.74, 6) is 0.0124. The topological polar surface area (TPSA) is 20.3 Å². The first-order chi connectivity index (χ1) is 9.11. The number of nitrogens with zero attached hydrogens (tertiary/aromatic N) is 1. The lowest BCUT2D eigenvalue weighted by Gasteiger charge is -2.12. The minimum Gasteiger partial charge on any atom is -0.293 e. The third-order valence-corrected chi connectivity index (χ3v) is 4.41. The first-order valence-electron chi connectivity index (χ1n) is 6.12. The predicted molar refractivity (Wildman–Crippen MR) is 86.2 cm³/mol. The summed E-state index contributed by atoms with van der Waals surface area (Å²) in [5, 5.41) is 0.688. The average molecular weight is 312 g/mol. The number of rotatable bonds is 4. The molecular formula is C14H14ClNOS2. The van der Waals surface area contributed by atoms with Gasteiger partial charge in [-0.3, -0.25) is 9.69 Å². The summed E-state index contributed by atoms with van der Waals surface area (Å²) >= 11 is 12.5. The molecule has 0 aliphatic carbocycles. The van der Waals surface area contributed by atoms with Gasteiger partial charge in [0.05, 0.1) is 4.91 Å². The fourth-order valence-corrected chi connectivity index (χ4v) is 3.15. The van der Waals surface area contributed by atoms with Crippen LogP contribution in [0.25, 0.3) is 6.08 Å². The zero-order valence-electron chi connectivity index (χ0n) is 10.6. The van der Waals surface area contributed by atoms with Gasteiger partial charge in [0.25, 0.3) is 5.91 Å². The quantitative estimate of drug-likeness (QED) is 0.609. The molecule has 0 unspecified atom stereocenters. The lowest BCUT2D eigenvalue weighted by Crippen LogP contribution is -2.28. The van der Waals surface area contributed by atoms with Crippen LogP contribution in [-0.4, -0.2) is 21.7 Å². The van der Waals surface area contributed by atoms with E-state index >= 15 is 0 Å². The summed E-state index contributed by atoms with van der Waals surface area (Å²) in [4.78, 5) is 14.6. The van der Waals surface area contributed by atoms with Crippen LogP contribution in [-0.2, 0) is 4.79 Å². The Morgan fingerprint density at radius 3 is 2.68 bits per heavy atom. The maximum Gasteiger partial charge on any atom is 0.266 e. The minimum absolute atomic E-state index is 0.0124. The number of hydrogen-bond donors (Lipinski definition) is 0. The Hall–Kier alpha value is -0.840. The van der Waals surface area contributed by atoms with Gasteiger partial charge in [0.1, 0.15) is 4.32 Å². The van der Waals surface area contributed by atoms with Crippen LogP contribution in [0.5, 0.6) is 0 Å². The molecule has 1 heterocycles. The molecule has 1 amide bonds. The Morgan fingerprint density at radius 1 is 1.37 bits per heavy atom. The van der Waals surface area contributed by atoms with Crippen molar-refractivity contribution in [3.8, 4) is 0 Å². The number of benzene rings is 1. The molecule has 0 bridgehead atoms. The highest BCUT2D eigenvalue weighted by atomic mass is 35.5. The van der Waals surface area contributed by atoms with Crippen molar-refractivity contribution in [2.24, 2.45) is 0 Å². The van der Waals surface area contributed by atoms with Crippen LogP contribution in [0.2, 0.25) is 5.02 Å². The monoisotopic (exact) mass is 311 g/mol. The van der Waals surface area contributed by atoms with E-state index in [0.29, 0.717) is 20.8 Å². The van der Waals surface area contributed by atoms with E-state index in [1.54, 1.807) is 4.90 Å². The number of halogens is 1. The van der Waals surface area contributed by atoms with Crippen LogP contribution in [0.1, 0.15) is 25.3 Å². The van der Waals surface area contributed by atoms with Crippen molar-refractivity contribution in [3.63, 3.8) is 0 Å². The predicted octanol–water partition coefficient (Wildman–Crippen LogP) is 4.34. The fourth-order valence-electron chi connectivity index (χ4n) is 1.72. The second-order valence-electron chi connectivity index (χ2n) is 4.24. The fraction of sp³-hybridized carbons (Fsp3) is 0.286. The molecule has 1 aromatic carbocycles. The van der Waals surface area contributed by atoms with Crippen LogP contribution in [0.15, 0.2) is 29.2 Å². The number of carbonyl (C=O) groups excluding carboxylic acids is 1. The lowest BCUT2D eigenvalue weighted by atomic mass is 10.2. The second kappa shape index (κ2) is 6.55. The molecule has 5 heteroatoms. The molecule has 1 aliphatic heterocycles. The van der Waals surface area contributed by atoms with Gasteiger partial charge in [-0.15, -0.1) is 0 Å². The van der Waals surface area contributed by atoms with Crippen LogP contribution in [0, 0.1) is 0 Å². The molecule has 0 N–H and O–H groups in total. The highest BCUT2D eigenvalue weighted by molar-refractivity contribution is 8.26. The Morgan fingerprint density at radius 2 is 2.05 bits per heavy atom. The Bertz CT molecular complexity index is 525. The van der Waals surface area contributed by atoms with Gasteiger partial charge >= 0.3 is 0 Å². The highest BCUT2D eigenvalue weighted by Gasteiger charge is 2.31. The molecule has 0 aromatic heterocycles. The zero-order chi connectivity index (χ0) is 13.8. The van der Waals surface area contributed by atoms with E-state index in [9.17, 15) is 4.79 Å². The van der Waals surface area contributed by atoms with Crippen LogP contribution in [0.3, 0.4) is 0 Å². The normalized spacial score (nSPS) is 17.6.